The Bertz CT molecular complexity index is 620. The van der Waals surface area contributed by atoms with Crippen LogP contribution < -0.4 is 0 Å². The van der Waals surface area contributed by atoms with Gasteiger partial charge in [-0.05, 0) is 91.3 Å². The maximum absolute atomic E-state index is 11.7. The fraction of sp³-hybridized carbons (Fsp3) is 0.960. The summed E-state index contributed by atoms with van der Waals surface area (Å²) in [6.07, 6.45) is 9.92. The summed E-state index contributed by atoms with van der Waals surface area (Å²) >= 11 is 0. The molecule has 166 valence electrons. The van der Waals surface area contributed by atoms with Crippen molar-refractivity contribution in [1.29, 1.82) is 0 Å². The van der Waals surface area contributed by atoms with E-state index in [1.807, 2.05) is 0 Å². The van der Waals surface area contributed by atoms with Gasteiger partial charge in [0.2, 0.25) is 0 Å². The van der Waals surface area contributed by atoms with Crippen LogP contribution in [0.25, 0.3) is 0 Å². The Labute approximate surface area is 176 Å². The molecule has 4 aliphatic carbocycles. The lowest BCUT2D eigenvalue weighted by Crippen LogP contribution is -2.61. The first-order chi connectivity index (χ1) is 13.7. The fourth-order valence-electron chi connectivity index (χ4n) is 8.84. The average Bonchev–Trinajstić information content (AvgIpc) is 3.05. The SMILES string of the molecule is COC(=O)CC[C@@H](C)[C@H]1CC[C@H]2[C@@H]3C(O)CC4CCCC[C@]4(C)[C@H]3CC(O)[C@]12C. The van der Waals surface area contributed by atoms with Crippen LogP contribution in [0, 0.1) is 46.3 Å². The molecule has 0 aliphatic heterocycles. The molecule has 0 bridgehead atoms. The number of esters is 1. The number of carbonyl (C=O) groups is 1. The van der Waals surface area contributed by atoms with Crippen molar-refractivity contribution < 1.29 is 19.7 Å². The number of hydrogen-bond acceptors (Lipinski definition) is 4. The molecule has 29 heavy (non-hydrogen) atoms. The number of rotatable bonds is 4. The maximum Gasteiger partial charge on any atom is 0.305 e. The minimum atomic E-state index is -0.300. The first-order valence-electron chi connectivity index (χ1n) is 12.2. The molecule has 4 nitrogen and oxygen atoms in total. The van der Waals surface area contributed by atoms with Crippen molar-refractivity contribution in [3.8, 4) is 0 Å². The minimum absolute atomic E-state index is 0.139. The third kappa shape index (κ3) is 3.28. The second-order valence-electron chi connectivity index (χ2n) is 11.4. The highest BCUT2D eigenvalue weighted by Gasteiger charge is 2.65. The summed E-state index contributed by atoms with van der Waals surface area (Å²) < 4.78 is 4.84. The Balaban J connectivity index is 1.58. The van der Waals surface area contributed by atoms with Crippen molar-refractivity contribution in [2.45, 2.75) is 97.2 Å². The van der Waals surface area contributed by atoms with Crippen molar-refractivity contribution in [3.05, 3.63) is 0 Å². The lowest BCUT2D eigenvalue weighted by molar-refractivity contribution is -0.201. The van der Waals surface area contributed by atoms with Crippen LogP contribution in [-0.4, -0.2) is 35.5 Å². The highest BCUT2D eigenvalue weighted by molar-refractivity contribution is 5.69. The zero-order valence-corrected chi connectivity index (χ0v) is 18.9. The summed E-state index contributed by atoms with van der Waals surface area (Å²) in [5, 5.41) is 22.8. The van der Waals surface area contributed by atoms with Gasteiger partial charge < -0.3 is 14.9 Å². The second-order valence-corrected chi connectivity index (χ2v) is 11.4. The predicted molar refractivity (Wildman–Crippen MR) is 113 cm³/mol. The Morgan fingerprint density at radius 2 is 1.86 bits per heavy atom. The van der Waals surface area contributed by atoms with Crippen molar-refractivity contribution in [1.82, 2.24) is 0 Å². The summed E-state index contributed by atoms with van der Waals surface area (Å²) in [6, 6.07) is 0. The molecule has 0 aromatic rings. The Morgan fingerprint density at radius 1 is 1.10 bits per heavy atom. The van der Waals surface area contributed by atoms with Gasteiger partial charge in [-0.3, -0.25) is 4.79 Å². The monoisotopic (exact) mass is 406 g/mol. The van der Waals surface area contributed by atoms with E-state index in [1.165, 1.54) is 32.8 Å². The highest BCUT2D eigenvalue weighted by atomic mass is 16.5. The number of aliphatic hydroxyl groups is 2. The molecule has 0 radical (unpaired) electrons. The summed E-state index contributed by atoms with van der Waals surface area (Å²) in [7, 11) is 1.45. The summed E-state index contributed by atoms with van der Waals surface area (Å²) in [5.41, 5.74) is 0.147. The molecule has 4 rings (SSSR count). The van der Waals surface area contributed by atoms with Gasteiger partial charge in [0, 0.05) is 6.42 Å². The zero-order valence-electron chi connectivity index (χ0n) is 18.9. The van der Waals surface area contributed by atoms with Crippen LogP contribution in [0.4, 0.5) is 0 Å². The lowest BCUT2D eigenvalue weighted by atomic mass is 9.43. The first-order valence-corrected chi connectivity index (χ1v) is 12.2. The number of methoxy groups -OCH3 is 1. The van der Waals surface area contributed by atoms with Crippen molar-refractivity contribution in [2.24, 2.45) is 46.3 Å². The van der Waals surface area contributed by atoms with Gasteiger partial charge in [0.05, 0.1) is 19.3 Å². The largest absolute Gasteiger partial charge is 0.469 e. The quantitative estimate of drug-likeness (QED) is 0.671. The first kappa shape index (κ1) is 21.6. The lowest BCUT2D eigenvalue weighted by Gasteiger charge is -2.63. The third-order valence-corrected chi connectivity index (χ3v) is 10.5. The van der Waals surface area contributed by atoms with E-state index in [-0.39, 0.29) is 23.6 Å². The molecule has 4 heteroatoms. The van der Waals surface area contributed by atoms with Crippen molar-refractivity contribution >= 4 is 5.97 Å². The third-order valence-electron chi connectivity index (χ3n) is 10.5. The summed E-state index contributed by atoms with van der Waals surface area (Å²) in [4.78, 5) is 11.7. The molecular weight excluding hydrogens is 364 g/mol. The number of carbonyl (C=O) groups excluding carboxylic acids is 1. The van der Waals surface area contributed by atoms with Crippen LogP contribution in [0.3, 0.4) is 0 Å². The molecule has 0 amide bonds. The molecule has 4 saturated carbocycles. The topological polar surface area (TPSA) is 66.8 Å². The highest BCUT2D eigenvalue weighted by Crippen LogP contribution is 2.68. The number of ether oxygens (including phenoxy) is 1. The molecule has 3 unspecified atom stereocenters. The molecule has 0 aromatic heterocycles. The molecule has 0 saturated heterocycles. The van der Waals surface area contributed by atoms with Crippen molar-refractivity contribution in [3.63, 3.8) is 0 Å². The normalized spacial score (nSPS) is 50.2. The molecule has 0 heterocycles. The van der Waals surface area contributed by atoms with E-state index in [4.69, 9.17) is 4.74 Å². The van der Waals surface area contributed by atoms with E-state index in [1.54, 1.807) is 0 Å². The van der Waals surface area contributed by atoms with Gasteiger partial charge in [-0.1, -0.05) is 33.6 Å². The molecule has 2 N–H and O–H groups in total. The Kier molecular flexibility index (Phi) is 5.83. The average molecular weight is 407 g/mol. The van der Waals surface area contributed by atoms with E-state index >= 15 is 0 Å². The smallest absolute Gasteiger partial charge is 0.305 e. The van der Waals surface area contributed by atoms with E-state index in [2.05, 4.69) is 20.8 Å². The standard InChI is InChI=1S/C25H42O4/c1-15(8-11-22(28)29-4)17-9-10-18-23-19(14-21(27)25(17,18)3)24(2)12-6-5-7-16(24)13-20(23)26/h15-21,23,26-27H,5-14H2,1-4H3/t15-,16?,17-,18+,19+,20?,21?,23+,24+,25-/m1/s1. The van der Waals surface area contributed by atoms with Gasteiger partial charge in [0.1, 0.15) is 0 Å². The Hall–Kier alpha value is -0.610. The summed E-state index contributed by atoms with van der Waals surface area (Å²) in [5.74, 6) is 2.47. The van der Waals surface area contributed by atoms with Crippen LogP contribution in [-0.2, 0) is 9.53 Å². The van der Waals surface area contributed by atoms with Crippen molar-refractivity contribution in [2.75, 3.05) is 7.11 Å². The fourth-order valence-corrected chi connectivity index (χ4v) is 8.84. The van der Waals surface area contributed by atoms with E-state index in [0.717, 1.165) is 32.1 Å². The number of aliphatic hydroxyl groups excluding tert-OH is 2. The van der Waals surface area contributed by atoms with Gasteiger partial charge in [-0.25, -0.2) is 0 Å². The number of hydrogen-bond donors (Lipinski definition) is 2. The molecule has 4 aliphatic rings. The Morgan fingerprint density at radius 3 is 2.59 bits per heavy atom. The molecule has 4 fully saturated rings. The van der Waals surface area contributed by atoms with Gasteiger partial charge in [-0.2, -0.15) is 0 Å². The molecule has 0 spiro atoms. The second kappa shape index (κ2) is 7.82. The van der Waals surface area contributed by atoms with E-state index in [0.29, 0.717) is 47.3 Å². The van der Waals surface area contributed by atoms with Gasteiger partial charge in [0.25, 0.3) is 0 Å². The molecular formula is C25H42O4. The van der Waals surface area contributed by atoms with Gasteiger partial charge in [-0.15, -0.1) is 0 Å². The van der Waals surface area contributed by atoms with Crippen LogP contribution in [0.2, 0.25) is 0 Å². The molecule has 10 atom stereocenters. The van der Waals surface area contributed by atoms with E-state index in [9.17, 15) is 15.0 Å². The maximum atomic E-state index is 11.7. The number of fused-ring (bicyclic) bond motifs is 5. The van der Waals surface area contributed by atoms with Crippen LogP contribution in [0.1, 0.15) is 85.0 Å². The van der Waals surface area contributed by atoms with Crippen LogP contribution >= 0.6 is 0 Å². The van der Waals surface area contributed by atoms with Crippen LogP contribution in [0.5, 0.6) is 0 Å². The predicted octanol–water partition coefficient (Wildman–Crippen LogP) is 4.57. The van der Waals surface area contributed by atoms with Gasteiger partial charge >= 0.3 is 5.97 Å². The van der Waals surface area contributed by atoms with Crippen LogP contribution in [0.15, 0.2) is 0 Å². The zero-order chi connectivity index (χ0) is 21.0. The minimum Gasteiger partial charge on any atom is -0.469 e. The summed E-state index contributed by atoms with van der Waals surface area (Å²) in [6.45, 7) is 7.02. The molecule has 0 aromatic carbocycles. The van der Waals surface area contributed by atoms with Gasteiger partial charge in [0.15, 0.2) is 0 Å². The van der Waals surface area contributed by atoms with E-state index < -0.39 is 0 Å².